The van der Waals surface area contributed by atoms with Crippen LogP contribution in [0.3, 0.4) is 0 Å². The maximum atomic E-state index is 12.4. The second-order valence-corrected chi connectivity index (χ2v) is 8.88. The lowest BCUT2D eigenvalue weighted by Gasteiger charge is -2.22. The largest absolute Gasteiger partial charge is 0.389 e. The monoisotopic (exact) mass is 347 g/mol. The molecule has 0 saturated carbocycles. The van der Waals surface area contributed by atoms with E-state index in [1.54, 1.807) is 26.1 Å². The first kappa shape index (κ1) is 15.5. The average molecular weight is 348 g/mol. The third-order valence-corrected chi connectivity index (χ3v) is 7.16. The minimum Gasteiger partial charge on any atom is -0.389 e. The van der Waals surface area contributed by atoms with Crippen molar-refractivity contribution in [2.75, 3.05) is 0 Å². The van der Waals surface area contributed by atoms with E-state index in [2.05, 4.69) is 9.71 Å². The standard InChI is InChI=1S/C11H13N3O2S4/c1-11(2,10-13-5-6-18-10)14-20(15,16)8-4-3-7(19-8)9(12)17/h3-6,14H,1-2H3,(H2,12,17). The topological polar surface area (TPSA) is 85.1 Å². The Hall–Kier alpha value is -0.870. The van der Waals surface area contributed by atoms with E-state index in [0.29, 0.717) is 9.88 Å². The normalized spacial score (nSPS) is 12.5. The first-order valence-corrected chi connectivity index (χ1v) is 9.15. The summed E-state index contributed by atoms with van der Waals surface area (Å²) in [5.41, 5.74) is 4.72. The third-order valence-electron chi connectivity index (χ3n) is 2.45. The van der Waals surface area contributed by atoms with Gasteiger partial charge in [-0.15, -0.1) is 22.7 Å². The lowest BCUT2D eigenvalue weighted by atomic mass is 10.1. The van der Waals surface area contributed by atoms with Gasteiger partial charge in [-0.2, -0.15) is 4.72 Å². The van der Waals surface area contributed by atoms with Crippen LogP contribution < -0.4 is 10.5 Å². The van der Waals surface area contributed by atoms with Gasteiger partial charge >= 0.3 is 0 Å². The molecule has 20 heavy (non-hydrogen) atoms. The van der Waals surface area contributed by atoms with Crippen LogP contribution in [-0.2, 0) is 15.6 Å². The number of nitrogens with one attached hydrogen (secondary N) is 1. The summed E-state index contributed by atoms with van der Waals surface area (Å²) in [5.74, 6) is 0. The van der Waals surface area contributed by atoms with Crippen molar-refractivity contribution in [3.8, 4) is 0 Å². The van der Waals surface area contributed by atoms with Gasteiger partial charge in [0.25, 0.3) is 10.0 Å². The molecule has 0 saturated heterocycles. The summed E-state index contributed by atoms with van der Waals surface area (Å²) in [4.78, 5) is 4.92. The molecular weight excluding hydrogens is 334 g/mol. The molecule has 0 atom stereocenters. The summed E-state index contributed by atoms with van der Waals surface area (Å²) < 4.78 is 27.6. The number of nitrogens with zero attached hydrogens (tertiary/aromatic N) is 1. The van der Waals surface area contributed by atoms with Gasteiger partial charge in [0, 0.05) is 11.6 Å². The Morgan fingerprint density at radius 3 is 2.65 bits per heavy atom. The van der Waals surface area contributed by atoms with Crippen LogP contribution in [-0.4, -0.2) is 18.4 Å². The minimum atomic E-state index is -3.64. The van der Waals surface area contributed by atoms with E-state index in [4.69, 9.17) is 18.0 Å². The highest BCUT2D eigenvalue weighted by Gasteiger charge is 2.30. The molecule has 0 aliphatic rings. The van der Waals surface area contributed by atoms with Crippen molar-refractivity contribution < 1.29 is 8.42 Å². The molecule has 0 radical (unpaired) electrons. The number of thiazole rings is 1. The van der Waals surface area contributed by atoms with E-state index in [9.17, 15) is 8.42 Å². The smallest absolute Gasteiger partial charge is 0.250 e. The molecule has 0 amide bonds. The predicted molar refractivity (Wildman–Crippen MR) is 85.7 cm³/mol. The van der Waals surface area contributed by atoms with Gasteiger partial charge in [0.05, 0.1) is 10.4 Å². The van der Waals surface area contributed by atoms with Crippen molar-refractivity contribution in [2.45, 2.75) is 23.6 Å². The maximum absolute atomic E-state index is 12.4. The fourth-order valence-corrected chi connectivity index (χ4v) is 5.07. The second kappa shape index (κ2) is 5.49. The quantitative estimate of drug-likeness (QED) is 0.809. The minimum absolute atomic E-state index is 0.185. The molecule has 0 fully saturated rings. The Morgan fingerprint density at radius 1 is 1.45 bits per heavy atom. The molecule has 2 heterocycles. The van der Waals surface area contributed by atoms with Crippen molar-refractivity contribution in [1.29, 1.82) is 0 Å². The van der Waals surface area contributed by atoms with Crippen molar-refractivity contribution in [2.24, 2.45) is 5.73 Å². The van der Waals surface area contributed by atoms with Gasteiger partial charge in [-0.05, 0) is 26.0 Å². The SMILES string of the molecule is CC(C)(NS(=O)(=O)c1ccc(C(N)=S)s1)c1nccs1. The van der Waals surface area contributed by atoms with Crippen LogP contribution in [0, 0.1) is 0 Å². The van der Waals surface area contributed by atoms with Crippen LogP contribution in [0.1, 0.15) is 23.7 Å². The zero-order valence-corrected chi connectivity index (χ0v) is 14.0. The molecule has 0 aromatic carbocycles. The van der Waals surface area contributed by atoms with Gasteiger partial charge in [0.2, 0.25) is 0 Å². The molecule has 5 nitrogen and oxygen atoms in total. The third kappa shape index (κ3) is 3.23. The van der Waals surface area contributed by atoms with Crippen LogP contribution in [0.15, 0.2) is 27.9 Å². The number of aromatic nitrogens is 1. The van der Waals surface area contributed by atoms with Gasteiger partial charge in [-0.1, -0.05) is 12.2 Å². The van der Waals surface area contributed by atoms with Crippen LogP contribution >= 0.6 is 34.9 Å². The predicted octanol–water partition coefficient (Wildman–Crippen LogP) is 2.05. The maximum Gasteiger partial charge on any atom is 0.250 e. The fourth-order valence-electron chi connectivity index (χ4n) is 1.56. The molecule has 2 aromatic heterocycles. The molecule has 0 aliphatic carbocycles. The molecule has 3 N–H and O–H groups in total. The number of hydrogen-bond donors (Lipinski definition) is 2. The second-order valence-electron chi connectivity index (χ2n) is 4.55. The van der Waals surface area contributed by atoms with E-state index < -0.39 is 15.6 Å². The molecular formula is C11H13N3O2S4. The molecule has 0 bridgehead atoms. The summed E-state index contributed by atoms with van der Waals surface area (Å²) in [7, 11) is -3.64. The van der Waals surface area contributed by atoms with Gasteiger partial charge in [0.1, 0.15) is 14.2 Å². The average Bonchev–Trinajstić information content (AvgIpc) is 3.00. The summed E-state index contributed by atoms with van der Waals surface area (Å²) in [6.07, 6.45) is 1.64. The first-order valence-electron chi connectivity index (χ1n) is 5.56. The number of rotatable bonds is 5. The summed E-state index contributed by atoms with van der Waals surface area (Å²) in [6.45, 7) is 3.54. The van der Waals surface area contributed by atoms with Crippen LogP contribution in [0.5, 0.6) is 0 Å². The Balaban J connectivity index is 2.29. The van der Waals surface area contributed by atoms with E-state index >= 15 is 0 Å². The van der Waals surface area contributed by atoms with Crippen molar-refractivity contribution in [1.82, 2.24) is 9.71 Å². The lowest BCUT2D eigenvalue weighted by molar-refractivity contribution is 0.471. The number of nitrogens with two attached hydrogens (primary N) is 1. The number of sulfonamides is 1. The van der Waals surface area contributed by atoms with E-state index in [1.165, 1.54) is 17.4 Å². The fraction of sp³-hybridized carbons (Fsp3) is 0.273. The number of thiophene rings is 1. The van der Waals surface area contributed by atoms with E-state index in [1.807, 2.05) is 5.38 Å². The highest BCUT2D eigenvalue weighted by molar-refractivity contribution is 7.91. The van der Waals surface area contributed by atoms with E-state index in [-0.39, 0.29) is 9.20 Å². The number of hydrogen-bond acceptors (Lipinski definition) is 6. The Bertz CT molecular complexity index is 717. The molecule has 0 unspecified atom stereocenters. The highest BCUT2D eigenvalue weighted by Crippen LogP contribution is 2.27. The van der Waals surface area contributed by atoms with Crippen LogP contribution in [0.4, 0.5) is 0 Å². The highest BCUT2D eigenvalue weighted by atomic mass is 32.2. The zero-order chi connectivity index (χ0) is 15.0. The Morgan fingerprint density at radius 2 is 2.15 bits per heavy atom. The van der Waals surface area contributed by atoms with Crippen molar-refractivity contribution >= 4 is 49.9 Å². The zero-order valence-electron chi connectivity index (χ0n) is 10.8. The Labute approximate surface area is 130 Å². The summed E-state index contributed by atoms with van der Waals surface area (Å²) >= 11 is 7.29. The van der Waals surface area contributed by atoms with Gasteiger partial charge < -0.3 is 5.73 Å². The Kier molecular flexibility index (Phi) is 4.26. The first-order chi connectivity index (χ1) is 9.22. The van der Waals surface area contributed by atoms with Gasteiger partial charge in [-0.3, -0.25) is 0 Å². The molecule has 9 heteroatoms. The van der Waals surface area contributed by atoms with Gasteiger partial charge in [0.15, 0.2) is 0 Å². The molecule has 108 valence electrons. The van der Waals surface area contributed by atoms with E-state index in [0.717, 1.165) is 11.3 Å². The lowest BCUT2D eigenvalue weighted by Crippen LogP contribution is -2.40. The van der Waals surface area contributed by atoms with Crippen LogP contribution in [0.2, 0.25) is 0 Å². The summed E-state index contributed by atoms with van der Waals surface area (Å²) in [6, 6.07) is 3.11. The van der Waals surface area contributed by atoms with Crippen molar-refractivity contribution in [3.63, 3.8) is 0 Å². The van der Waals surface area contributed by atoms with Crippen LogP contribution in [0.25, 0.3) is 0 Å². The number of thiocarbonyl (C=S) groups is 1. The molecule has 0 spiro atoms. The molecule has 2 rings (SSSR count). The van der Waals surface area contributed by atoms with Gasteiger partial charge in [-0.25, -0.2) is 13.4 Å². The summed E-state index contributed by atoms with van der Waals surface area (Å²) in [5, 5.41) is 2.51. The van der Waals surface area contributed by atoms with Crippen molar-refractivity contribution in [3.05, 3.63) is 33.6 Å². The molecule has 2 aromatic rings. The molecule has 0 aliphatic heterocycles.